The minimum Gasteiger partial charge on any atom is -0.340 e. The van der Waals surface area contributed by atoms with Gasteiger partial charge < -0.3 is 10.6 Å². The molecule has 0 heterocycles. The van der Waals surface area contributed by atoms with Crippen LogP contribution < -0.4 is 10.6 Å². The van der Waals surface area contributed by atoms with Gasteiger partial charge in [-0.05, 0) is 49.6 Å². The first-order valence-electron chi connectivity index (χ1n) is 8.38. The second kappa shape index (κ2) is 10.1. The lowest BCUT2D eigenvalue weighted by Gasteiger charge is -2.19. The van der Waals surface area contributed by atoms with E-state index in [-0.39, 0.29) is 11.7 Å². The van der Waals surface area contributed by atoms with Gasteiger partial charge in [0.05, 0.1) is 10.6 Å². The quantitative estimate of drug-likeness (QED) is 0.651. The first kappa shape index (κ1) is 21.0. The van der Waals surface area contributed by atoms with E-state index in [0.717, 1.165) is 0 Å². The fourth-order valence-corrected chi connectivity index (χ4v) is 3.12. The van der Waals surface area contributed by atoms with Crippen LogP contribution in [-0.4, -0.2) is 35.6 Å². The van der Waals surface area contributed by atoms with E-state index >= 15 is 0 Å². The molecule has 27 heavy (non-hydrogen) atoms. The van der Waals surface area contributed by atoms with E-state index in [9.17, 15) is 14.4 Å². The van der Waals surface area contributed by atoms with Crippen LogP contribution in [0.5, 0.6) is 0 Å². The summed E-state index contributed by atoms with van der Waals surface area (Å²) in [6.07, 6.45) is 2.40. The van der Waals surface area contributed by atoms with Crippen LogP contribution in [0.1, 0.15) is 34.1 Å². The molecule has 5 nitrogen and oxygen atoms in total. The molecule has 2 N–H and O–H groups in total. The summed E-state index contributed by atoms with van der Waals surface area (Å²) in [4.78, 5) is 36.7. The molecule has 1 unspecified atom stereocenters. The molecule has 0 aliphatic carbocycles. The molecule has 2 aromatic rings. The Bertz CT molecular complexity index is 841. The van der Waals surface area contributed by atoms with Gasteiger partial charge in [0.2, 0.25) is 5.91 Å². The summed E-state index contributed by atoms with van der Waals surface area (Å²) in [6.45, 7) is 1.46. The zero-order valence-corrected chi connectivity index (χ0v) is 16.7. The van der Waals surface area contributed by atoms with Gasteiger partial charge in [0.15, 0.2) is 5.78 Å². The summed E-state index contributed by atoms with van der Waals surface area (Å²) in [5.41, 5.74) is 1.34. The van der Waals surface area contributed by atoms with Gasteiger partial charge >= 0.3 is 0 Å². The van der Waals surface area contributed by atoms with Crippen LogP contribution in [0.4, 0.5) is 5.69 Å². The van der Waals surface area contributed by atoms with Gasteiger partial charge in [-0.1, -0.05) is 35.9 Å². The number of thioether (sulfide) groups is 1. The number of nitrogens with one attached hydrogen (secondary N) is 2. The summed E-state index contributed by atoms with van der Waals surface area (Å²) in [7, 11) is 0. The molecule has 0 fully saturated rings. The van der Waals surface area contributed by atoms with E-state index in [1.165, 1.54) is 6.92 Å². The minimum absolute atomic E-state index is 0.0861. The lowest BCUT2D eigenvalue weighted by atomic mass is 10.1. The number of halogens is 1. The number of carbonyl (C=O) groups is 3. The van der Waals surface area contributed by atoms with Gasteiger partial charge in [0.1, 0.15) is 6.04 Å². The molecule has 0 aliphatic heterocycles. The van der Waals surface area contributed by atoms with Crippen molar-refractivity contribution in [2.24, 2.45) is 0 Å². The smallest absolute Gasteiger partial charge is 0.253 e. The average Bonchev–Trinajstić information content (AvgIpc) is 2.65. The number of rotatable bonds is 8. The Morgan fingerprint density at radius 2 is 1.85 bits per heavy atom. The van der Waals surface area contributed by atoms with Crippen LogP contribution in [0.25, 0.3) is 0 Å². The summed E-state index contributed by atoms with van der Waals surface area (Å²) >= 11 is 7.65. The van der Waals surface area contributed by atoms with Gasteiger partial charge in [-0.3, -0.25) is 14.4 Å². The molecule has 2 aromatic carbocycles. The molecule has 142 valence electrons. The van der Waals surface area contributed by atoms with E-state index in [1.54, 1.807) is 60.3 Å². The number of hydrogen-bond acceptors (Lipinski definition) is 4. The van der Waals surface area contributed by atoms with Gasteiger partial charge in [0, 0.05) is 11.3 Å². The summed E-state index contributed by atoms with van der Waals surface area (Å²) in [6, 6.07) is 12.7. The summed E-state index contributed by atoms with van der Waals surface area (Å²) in [5, 5.41) is 5.85. The highest BCUT2D eigenvalue weighted by molar-refractivity contribution is 7.98. The van der Waals surface area contributed by atoms with E-state index in [4.69, 9.17) is 11.6 Å². The molecule has 7 heteroatoms. The molecule has 0 radical (unpaired) electrons. The molecular weight excluding hydrogens is 384 g/mol. The average molecular weight is 405 g/mol. The Morgan fingerprint density at radius 3 is 2.52 bits per heavy atom. The molecule has 0 saturated heterocycles. The van der Waals surface area contributed by atoms with Crippen molar-refractivity contribution in [2.75, 3.05) is 17.3 Å². The van der Waals surface area contributed by atoms with Gasteiger partial charge in [-0.2, -0.15) is 11.8 Å². The van der Waals surface area contributed by atoms with Crippen LogP contribution in [0.15, 0.2) is 48.5 Å². The normalized spacial score (nSPS) is 11.5. The third-order valence-corrected chi connectivity index (χ3v) is 4.86. The number of hydrogen-bond donors (Lipinski definition) is 2. The number of amides is 2. The Kier molecular flexibility index (Phi) is 7.88. The van der Waals surface area contributed by atoms with E-state index in [2.05, 4.69) is 10.6 Å². The van der Waals surface area contributed by atoms with Crippen LogP contribution in [0.3, 0.4) is 0 Å². The SMILES string of the molecule is CSCCC(NC(=O)c1ccccc1Cl)C(=O)Nc1cccc(C(C)=O)c1. The maximum Gasteiger partial charge on any atom is 0.253 e. The van der Waals surface area contributed by atoms with Crippen LogP contribution in [0.2, 0.25) is 5.02 Å². The first-order valence-corrected chi connectivity index (χ1v) is 10.2. The second-order valence-corrected chi connectivity index (χ2v) is 7.31. The second-order valence-electron chi connectivity index (χ2n) is 5.91. The fraction of sp³-hybridized carbons (Fsp3) is 0.250. The molecule has 2 rings (SSSR count). The number of carbonyl (C=O) groups excluding carboxylic acids is 3. The molecule has 0 spiro atoms. The lowest BCUT2D eigenvalue weighted by Crippen LogP contribution is -2.44. The lowest BCUT2D eigenvalue weighted by molar-refractivity contribution is -0.118. The highest BCUT2D eigenvalue weighted by Crippen LogP contribution is 2.16. The van der Waals surface area contributed by atoms with E-state index in [0.29, 0.717) is 34.0 Å². The van der Waals surface area contributed by atoms with Crippen molar-refractivity contribution in [3.63, 3.8) is 0 Å². The predicted molar refractivity (Wildman–Crippen MR) is 111 cm³/mol. The number of benzene rings is 2. The van der Waals surface area contributed by atoms with E-state index < -0.39 is 11.9 Å². The van der Waals surface area contributed by atoms with E-state index in [1.807, 2.05) is 6.26 Å². The van der Waals surface area contributed by atoms with Gasteiger partial charge in [-0.25, -0.2) is 0 Å². The van der Waals surface area contributed by atoms with Crippen molar-refractivity contribution in [3.05, 3.63) is 64.7 Å². The number of ketones is 1. The Labute approximate surface area is 167 Å². The highest BCUT2D eigenvalue weighted by Gasteiger charge is 2.22. The summed E-state index contributed by atoms with van der Waals surface area (Å²) < 4.78 is 0. The molecule has 2 amide bonds. The van der Waals surface area contributed by atoms with Crippen molar-refractivity contribution in [1.29, 1.82) is 0 Å². The van der Waals surface area contributed by atoms with Crippen molar-refractivity contribution < 1.29 is 14.4 Å². The third kappa shape index (κ3) is 6.12. The summed E-state index contributed by atoms with van der Waals surface area (Å²) in [5.74, 6) is -0.129. The number of anilines is 1. The molecule has 0 saturated carbocycles. The molecule has 0 aromatic heterocycles. The number of Topliss-reactive ketones (excluding diaryl/α,β-unsaturated/α-hetero) is 1. The standard InChI is InChI=1S/C20H21ClN2O3S/c1-13(24)14-6-5-7-15(12-14)22-20(26)18(10-11-27-2)23-19(25)16-8-3-4-9-17(16)21/h3-9,12,18H,10-11H2,1-2H3,(H,22,26)(H,23,25). The maximum absolute atomic E-state index is 12.7. The third-order valence-electron chi connectivity index (χ3n) is 3.89. The zero-order valence-electron chi connectivity index (χ0n) is 15.1. The van der Waals surface area contributed by atoms with Crippen LogP contribution in [-0.2, 0) is 4.79 Å². The Balaban J connectivity index is 2.13. The minimum atomic E-state index is -0.720. The molecule has 1 atom stereocenters. The monoisotopic (exact) mass is 404 g/mol. The molecular formula is C20H21ClN2O3S. The fourth-order valence-electron chi connectivity index (χ4n) is 2.43. The van der Waals surface area contributed by atoms with Crippen molar-refractivity contribution in [1.82, 2.24) is 5.32 Å². The zero-order chi connectivity index (χ0) is 19.8. The largest absolute Gasteiger partial charge is 0.340 e. The first-order chi connectivity index (χ1) is 12.9. The molecule has 0 aliphatic rings. The van der Waals surface area contributed by atoms with Crippen molar-refractivity contribution in [3.8, 4) is 0 Å². The Morgan fingerprint density at radius 1 is 1.11 bits per heavy atom. The topological polar surface area (TPSA) is 75.3 Å². The van der Waals surface area contributed by atoms with Crippen molar-refractivity contribution >= 4 is 46.6 Å². The van der Waals surface area contributed by atoms with Crippen molar-refractivity contribution in [2.45, 2.75) is 19.4 Å². The Hall–Kier alpha value is -2.31. The van der Waals surface area contributed by atoms with Crippen LogP contribution in [0, 0.1) is 0 Å². The van der Waals surface area contributed by atoms with Gasteiger partial charge in [0.25, 0.3) is 5.91 Å². The molecule has 0 bridgehead atoms. The predicted octanol–water partition coefficient (Wildman–Crippen LogP) is 4.03. The van der Waals surface area contributed by atoms with Crippen LogP contribution >= 0.6 is 23.4 Å². The highest BCUT2D eigenvalue weighted by atomic mass is 35.5. The van der Waals surface area contributed by atoms with Gasteiger partial charge in [-0.15, -0.1) is 0 Å². The maximum atomic E-state index is 12.7.